The maximum absolute atomic E-state index is 5.95. The van der Waals surface area contributed by atoms with Crippen molar-refractivity contribution in [1.29, 1.82) is 0 Å². The minimum Gasteiger partial charge on any atom is -0.474 e. The Hall–Kier alpha value is -0.870. The highest BCUT2D eigenvalue weighted by molar-refractivity contribution is 6.29. The molecule has 5 heteroatoms. The zero-order valence-electron chi connectivity index (χ0n) is 9.99. The number of nitrogens with zero attached hydrogens (tertiary/aromatic N) is 2. The van der Waals surface area contributed by atoms with Gasteiger partial charge in [-0.15, -0.1) is 0 Å². The second kappa shape index (κ2) is 6.17. The lowest BCUT2D eigenvalue weighted by atomic mass is 10.2. The Morgan fingerprint density at radius 2 is 2.18 bits per heavy atom. The van der Waals surface area contributed by atoms with Gasteiger partial charge in [0.1, 0.15) is 17.1 Å². The fourth-order valence-corrected chi connectivity index (χ4v) is 1.99. The van der Waals surface area contributed by atoms with E-state index < -0.39 is 0 Å². The third-order valence-corrected chi connectivity index (χ3v) is 2.84. The zero-order chi connectivity index (χ0) is 12.1. The van der Waals surface area contributed by atoms with Gasteiger partial charge in [0.2, 0.25) is 5.88 Å². The van der Waals surface area contributed by atoms with Crippen LogP contribution in [0.2, 0.25) is 5.15 Å². The van der Waals surface area contributed by atoms with E-state index in [1.165, 1.54) is 0 Å². The van der Waals surface area contributed by atoms with E-state index in [9.17, 15) is 0 Å². The molecule has 0 aliphatic carbocycles. The first-order valence-electron chi connectivity index (χ1n) is 6.06. The van der Waals surface area contributed by atoms with Crippen molar-refractivity contribution < 1.29 is 9.47 Å². The Morgan fingerprint density at radius 1 is 1.41 bits per heavy atom. The van der Waals surface area contributed by atoms with E-state index in [4.69, 9.17) is 21.1 Å². The first-order valence-corrected chi connectivity index (χ1v) is 6.43. The first-order chi connectivity index (χ1) is 8.28. The minimum atomic E-state index is 0.184. The molecule has 0 N–H and O–H groups in total. The van der Waals surface area contributed by atoms with Crippen LogP contribution in [0.5, 0.6) is 5.88 Å². The summed E-state index contributed by atoms with van der Waals surface area (Å²) in [5.74, 6) is 1.34. The van der Waals surface area contributed by atoms with Crippen molar-refractivity contribution in [1.82, 2.24) is 9.97 Å². The molecular formula is C12H17ClN2O2. The first kappa shape index (κ1) is 12.6. The lowest BCUT2D eigenvalue weighted by Gasteiger charge is -2.22. The van der Waals surface area contributed by atoms with Gasteiger partial charge in [-0.3, -0.25) is 0 Å². The van der Waals surface area contributed by atoms with Crippen LogP contribution in [0.1, 0.15) is 32.0 Å². The molecule has 1 aliphatic rings. The monoisotopic (exact) mass is 256 g/mol. The number of ether oxygens (including phenoxy) is 2. The summed E-state index contributed by atoms with van der Waals surface area (Å²) in [4.78, 5) is 8.53. The molecule has 0 bridgehead atoms. The summed E-state index contributed by atoms with van der Waals surface area (Å²) < 4.78 is 11.1. The second-order valence-corrected chi connectivity index (χ2v) is 4.51. The predicted octanol–water partition coefficient (Wildman–Crippen LogP) is 2.64. The number of hydrogen-bond acceptors (Lipinski definition) is 4. The quantitative estimate of drug-likeness (QED) is 0.777. The van der Waals surface area contributed by atoms with Crippen LogP contribution in [0.3, 0.4) is 0 Å². The number of aromatic nitrogens is 2. The molecule has 2 rings (SSSR count). The molecule has 1 aromatic heterocycles. The van der Waals surface area contributed by atoms with Crippen molar-refractivity contribution in [2.45, 2.75) is 38.7 Å². The van der Waals surface area contributed by atoms with Crippen molar-refractivity contribution in [3.63, 3.8) is 0 Å². The van der Waals surface area contributed by atoms with Crippen LogP contribution in [0.25, 0.3) is 0 Å². The molecule has 4 nitrogen and oxygen atoms in total. The lowest BCUT2D eigenvalue weighted by molar-refractivity contribution is 0.0236. The van der Waals surface area contributed by atoms with Gasteiger partial charge in [-0.1, -0.05) is 18.5 Å². The fourth-order valence-electron chi connectivity index (χ4n) is 1.80. The summed E-state index contributed by atoms with van der Waals surface area (Å²) in [6.45, 7) is 3.60. The van der Waals surface area contributed by atoms with Gasteiger partial charge in [0.15, 0.2) is 0 Å². The SMILES string of the molecule is CCCc1nc(Cl)cc(OC2CCOCC2)n1. The third-order valence-electron chi connectivity index (χ3n) is 2.65. The minimum absolute atomic E-state index is 0.184. The molecule has 0 unspecified atom stereocenters. The molecule has 0 radical (unpaired) electrons. The lowest BCUT2D eigenvalue weighted by Crippen LogP contribution is -2.26. The Bertz CT molecular complexity index is 368. The van der Waals surface area contributed by atoms with E-state index >= 15 is 0 Å². The van der Waals surface area contributed by atoms with Crippen LogP contribution in [-0.2, 0) is 11.2 Å². The van der Waals surface area contributed by atoms with Crippen molar-refractivity contribution >= 4 is 11.6 Å². The van der Waals surface area contributed by atoms with Gasteiger partial charge in [0.05, 0.1) is 13.2 Å². The van der Waals surface area contributed by atoms with Gasteiger partial charge in [-0.2, -0.15) is 4.98 Å². The van der Waals surface area contributed by atoms with E-state index in [0.29, 0.717) is 11.0 Å². The van der Waals surface area contributed by atoms with Crippen LogP contribution in [-0.4, -0.2) is 29.3 Å². The van der Waals surface area contributed by atoms with Gasteiger partial charge in [0, 0.05) is 25.3 Å². The number of aryl methyl sites for hydroxylation is 1. The summed E-state index contributed by atoms with van der Waals surface area (Å²) in [5.41, 5.74) is 0. The van der Waals surface area contributed by atoms with Gasteiger partial charge < -0.3 is 9.47 Å². The van der Waals surface area contributed by atoms with Crippen LogP contribution in [0, 0.1) is 0 Å². The van der Waals surface area contributed by atoms with E-state index in [1.54, 1.807) is 6.07 Å². The molecule has 17 heavy (non-hydrogen) atoms. The Morgan fingerprint density at radius 3 is 2.88 bits per heavy atom. The average molecular weight is 257 g/mol. The van der Waals surface area contributed by atoms with Gasteiger partial charge in [-0.25, -0.2) is 4.98 Å². The molecule has 1 saturated heterocycles. The van der Waals surface area contributed by atoms with E-state index in [-0.39, 0.29) is 6.10 Å². The Kier molecular flexibility index (Phi) is 4.57. The molecule has 0 atom stereocenters. The molecule has 1 fully saturated rings. The summed E-state index contributed by atoms with van der Waals surface area (Å²) in [7, 11) is 0. The van der Waals surface area contributed by atoms with E-state index in [0.717, 1.165) is 44.7 Å². The van der Waals surface area contributed by atoms with Gasteiger partial charge in [0.25, 0.3) is 0 Å². The zero-order valence-corrected chi connectivity index (χ0v) is 10.7. The standard InChI is InChI=1S/C12H17ClN2O2/c1-2-3-11-14-10(13)8-12(15-11)17-9-4-6-16-7-5-9/h8-9H,2-7H2,1H3. The molecule has 1 aliphatic heterocycles. The molecule has 0 saturated carbocycles. The van der Waals surface area contributed by atoms with E-state index in [1.807, 2.05) is 0 Å². The highest BCUT2D eigenvalue weighted by Gasteiger charge is 2.16. The van der Waals surface area contributed by atoms with Crippen LogP contribution >= 0.6 is 11.6 Å². The molecule has 0 aromatic carbocycles. The Balaban J connectivity index is 2.03. The fraction of sp³-hybridized carbons (Fsp3) is 0.667. The molecule has 0 amide bonds. The Labute approximate surface area is 106 Å². The highest BCUT2D eigenvalue weighted by atomic mass is 35.5. The highest BCUT2D eigenvalue weighted by Crippen LogP contribution is 2.19. The number of rotatable bonds is 4. The summed E-state index contributed by atoms with van der Waals surface area (Å²) in [6, 6.07) is 1.68. The molecular weight excluding hydrogens is 240 g/mol. The summed E-state index contributed by atoms with van der Waals surface area (Å²) in [6.07, 6.45) is 3.82. The van der Waals surface area contributed by atoms with Gasteiger partial charge in [-0.05, 0) is 6.42 Å². The summed E-state index contributed by atoms with van der Waals surface area (Å²) in [5, 5.41) is 0.450. The smallest absolute Gasteiger partial charge is 0.218 e. The molecule has 2 heterocycles. The summed E-state index contributed by atoms with van der Waals surface area (Å²) >= 11 is 5.95. The largest absolute Gasteiger partial charge is 0.474 e. The molecule has 94 valence electrons. The predicted molar refractivity (Wildman–Crippen MR) is 65.5 cm³/mol. The van der Waals surface area contributed by atoms with Crippen LogP contribution in [0.4, 0.5) is 0 Å². The normalized spacial score (nSPS) is 17.1. The molecule has 1 aromatic rings. The number of halogens is 1. The van der Waals surface area contributed by atoms with Crippen LogP contribution in [0.15, 0.2) is 6.07 Å². The van der Waals surface area contributed by atoms with Crippen molar-refractivity contribution in [3.8, 4) is 5.88 Å². The molecule has 0 spiro atoms. The maximum Gasteiger partial charge on any atom is 0.218 e. The van der Waals surface area contributed by atoms with Gasteiger partial charge >= 0.3 is 0 Å². The van der Waals surface area contributed by atoms with Crippen molar-refractivity contribution in [2.75, 3.05) is 13.2 Å². The second-order valence-electron chi connectivity index (χ2n) is 4.12. The average Bonchev–Trinajstić information content (AvgIpc) is 2.30. The topological polar surface area (TPSA) is 44.2 Å². The van der Waals surface area contributed by atoms with Crippen molar-refractivity contribution in [3.05, 3.63) is 17.0 Å². The van der Waals surface area contributed by atoms with E-state index in [2.05, 4.69) is 16.9 Å². The van der Waals surface area contributed by atoms with Crippen LogP contribution < -0.4 is 4.74 Å². The number of hydrogen-bond donors (Lipinski definition) is 0. The third kappa shape index (κ3) is 3.82. The van der Waals surface area contributed by atoms with Crippen molar-refractivity contribution in [2.24, 2.45) is 0 Å². The maximum atomic E-state index is 5.95.